The molecule has 0 radical (unpaired) electrons. The van der Waals surface area contributed by atoms with Crippen LogP contribution in [0.5, 0.6) is 0 Å². The molecule has 2 aromatic rings. The van der Waals surface area contributed by atoms with E-state index in [1.54, 1.807) is 7.11 Å². The molecule has 1 aliphatic carbocycles. The molecule has 138 valence electrons. The normalized spacial score (nSPS) is 22.0. The fraction of sp³-hybridized carbons (Fsp3) is 0.526. The van der Waals surface area contributed by atoms with Crippen LogP contribution in [0.25, 0.3) is 0 Å². The van der Waals surface area contributed by atoms with Gasteiger partial charge in [-0.05, 0) is 37.3 Å². The summed E-state index contributed by atoms with van der Waals surface area (Å²) in [5.74, 6) is 1.35. The molecule has 1 saturated heterocycles. The van der Waals surface area contributed by atoms with E-state index < -0.39 is 0 Å². The van der Waals surface area contributed by atoms with Gasteiger partial charge in [0.05, 0.1) is 11.8 Å². The van der Waals surface area contributed by atoms with Gasteiger partial charge in [-0.3, -0.25) is 4.98 Å². The number of hydrogen-bond donors (Lipinski definition) is 2. The van der Waals surface area contributed by atoms with Gasteiger partial charge >= 0.3 is 0 Å². The minimum atomic E-state index is 0.205. The van der Waals surface area contributed by atoms with E-state index in [2.05, 4.69) is 32.3 Å². The van der Waals surface area contributed by atoms with E-state index in [0.29, 0.717) is 11.9 Å². The second kappa shape index (κ2) is 7.55. The molecule has 3 N–H and O–H groups in total. The van der Waals surface area contributed by atoms with Crippen molar-refractivity contribution >= 4 is 11.6 Å². The van der Waals surface area contributed by atoms with Crippen molar-refractivity contribution in [2.45, 2.75) is 44.4 Å². The number of methoxy groups -OCH3 is 1. The van der Waals surface area contributed by atoms with Crippen molar-refractivity contribution in [2.24, 2.45) is 0 Å². The lowest BCUT2D eigenvalue weighted by Crippen LogP contribution is -2.38. The summed E-state index contributed by atoms with van der Waals surface area (Å²) in [5, 5.41) is 3.56. The van der Waals surface area contributed by atoms with Crippen molar-refractivity contribution in [3.05, 3.63) is 41.5 Å². The molecule has 3 heterocycles. The maximum atomic E-state index is 5.83. The number of fused-ring (bicyclic) bond motifs is 1. The minimum absolute atomic E-state index is 0.205. The van der Waals surface area contributed by atoms with Gasteiger partial charge in [-0.2, -0.15) is 0 Å². The molecular formula is C19H26N6O. The topological polar surface area (TPSA) is 89.2 Å². The first-order chi connectivity index (χ1) is 12.7. The molecule has 7 nitrogen and oxygen atoms in total. The predicted molar refractivity (Wildman–Crippen MR) is 101 cm³/mol. The first-order valence-electron chi connectivity index (χ1n) is 9.28. The van der Waals surface area contributed by atoms with Gasteiger partial charge in [0.1, 0.15) is 18.0 Å². The molecule has 1 aliphatic heterocycles. The highest BCUT2D eigenvalue weighted by Gasteiger charge is 2.32. The number of nitrogens with zero attached hydrogens (tertiary/aromatic N) is 4. The number of nitrogen functional groups attached to an aromatic ring is 1. The lowest BCUT2D eigenvalue weighted by atomic mass is 10.2. The Labute approximate surface area is 154 Å². The van der Waals surface area contributed by atoms with Gasteiger partial charge in [0, 0.05) is 44.5 Å². The van der Waals surface area contributed by atoms with Crippen LogP contribution >= 0.6 is 0 Å². The van der Waals surface area contributed by atoms with E-state index in [0.717, 1.165) is 44.0 Å². The molecule has 0 bridgehead atoms. The second-order valence-electron chi connectivity index (χ2n) is 7.09. The zero-order valence-electron chi connectivity index (χ0n) is 15.2. The van der Waals surface area contributed by atoms with Gasteiger partial charge < -0.3 is 20.7 Å². The average molecular weight is 354 g/mol. The number of pyridine rings is 1. The van der Waals surface area contributed by atoms with Crippen molar-refractivity contribution < 1.29 is 4.74 Å². The number of nitrogens with two attached hydrogens (primary N) is 1. The third-order valence-corrected chi connectivity index (χ3v) is 5.35. The number of aromatic nitrogens is 3. The Morgan fingerprint density at radius 1 is 1.31 bits per heavy atom. The summed E-state index contributed by atoms with van der Waals surface area (Å²) in [5.41, 5.74) is 9.64. The van der Waals surface area contributed by atoms with E-state index in [9.17, 15) is 0 Å². The fourth-order valence-corrected chi connectivity index (χ4v) is 3.97. The van der Waals surface area contributed by atoms with Crippen molar-refractivity contribution in [3.8, 4) is 0 Å². The van der Waals surface area contributed by atoms with Crippen LogP contribution in [0.4, 0.5) is 11.6 Å². The van der Waals surface area contributed by atoms with Crippen LogP contribution < -0.4 is 16.0 Å². The van der Waals surface area contributed by atoms with Crippen molar-refractivity contribution in [2.75, 3.05) is 30.8 Å². The van der Waals surface area contributed by atoms with Crippen LogP contribution in [0, 0.1) is 0 Å². The molecule has 1 fully saturated rings. The lowest BCUT2D eigenvalue weighted by molar-refractivity contribution is 0.118. The van der Waals surface area contributed by atoms with Gasteiger partial charge in [-0.15, -0.1) is 0 Å². The van der Waals surface area contributed by atoms with Crippen LogP contribution in [0.2, 0.25) is 0 Å². The van der Waals surface area contributed by atoms with Gasteiger partial charge in [0.25, 0.3) is 0 Å². The molecule has 2 aliphatic rings. The predicted octanol–water partition coefficient (Wildman–Crippen LogP) is 1.33. The second-order valence-corrected chi connectivity index (χ2v) is 7.09. The number of ether oxygens (including phenoxy) is 1. The molecule has 26 heavy (non-hydrogen) atoms. The van der Waals surface area contributed by atoms with E-state index in [1.165, 1.54) is 30.4 Å². The molecule has 7 heteroatoms. The Kier molecular flexibility index (Phi) is 4.99. The van der Waals surface area contributed by atoms with Crippen LogP contribution in [0.3, 0.4) is 0 Å². The van der Waals surface area contributed by atoms with Crippen LogP contribution in [-0.4, -0.2) is 47.3 Å². The summed E-state index contributed by atoms with van der Waals surface area (Å²) in [6.07, 6.45) is 6.21. The molecule has 0 amide bonds. The summed E-state index contributed by atoms with van der Waals surface area (Å²) in [7, 11) is 1.77. The van der Waals surface area contributed by atoms with Crippen molar-refractivity contribution in [1.29, 1.82) is 0 Å². The van der Waals surface area contributed by atoms with E-state index in [4.69, 9.17) is 15.5 Å². The Morgan fingerprint density at radius 2 is 2.23 bits per heavy atom. The maximum Gasteiger partial charge on any atom is 0.134 e. The van der Waals surface area contributed by atoms with E-state index in [1.807, 2.05) is 6.07 Å². The van der Waals surface area contributed by atoms with Gasteiger partial charge in [-0.1, -0.05) is 6.07 Å². The fourth-order valence-electron chi connectivity index (χ4n) is 3.97. The van der Waals surface area contributed by atoms with Gasteiger partial charge in [-0.25, -0.2) is 9.97 Å². The molecular weight excluding hydrogens is 328 g/mol. The summed E-state index contributed by atoms with van der Waals surface area (Å²) >= 11 is 0. The third kappa shape index (κ3) is 3.64. The maximum absolute atomic E-state index is 5.83. The largest absolute Gasteiger partial charge is 0.384 e. The third-order valence-electron chi connectivity index (χ3n) is 5.35. The summed E-state index contributed by atoms with van der Waals surface area (Å²) in [4.78, 5) is 15.4. The molecule has 2 aromatic heterocycles. The SMILES string of the molecule is CO[C@@H]1C[C@H](CNCc2ccc3c(n2)CCC3)N(c2cc(N)ncn2)C1. The molecule has 0 unspecified atom stereocenters. The Balaban J connectivity index is 1.39. The quantitative estimate of drug-likeness (QED) is 0.809. The average Bonchev–Trinajstić information content (AvgIpc) is 3.28. The van der Waals surface area contributed by atoms with Crippen LogP contribution in [0.1, 0.15) is 29.8 Å². The van der Waals surface area contributed by atoms with Gasteiger partial charge in [0.2, 0.25) is 0 Å². The zero-order chi connectivity index (χ0) is 17.9. The highest BCUT2D eigenvalue weighted by atomic mass is 16.5. The van der Waals surface area contributed by atoms with Crippen LogP contribution in [0.15, 0.2) is 24.5 Å². The first kappa shape index (κ1) is 17.2. The Hall–Kier alpha value is -2.25. The summed E-state index contributed by atoms with van der Waals surface area (Å²) < 4.78 is 5.58. The molecule has 0 aromatic carbocycles. The van der Waals surface area contributed by atoms with E-state index in [-0.39, 0.29) is 6.10 Å². The van der Waals surface area contributed by atoms with Crippen molar-refractivity contribution in [3.63, 3.8) is 0 Å². The number of nitrogens with one attached hydrogen (secondary N) is 1. The number of hydrogen-bond acceptors (Lipinski definition) is 7. The first-order valence-corrected chi connectivity index (χ1v) is 9.28. The zero-order valence-corrected chi connectivity index (χ0v) is 15.2. The standard InChI is InChI=1S/C19H26N6O/c1-26-16-7-15(25(11-16)19-8-18(20)22-12-23-19)10-21-9-14-6-5-13-3-2-4-17(13)24-14/h5-6,8,12,15-16,21H,2-4,7,9-11H2,1H3,(H2,20,22,23)/t15-,16-/m1/s1. The summed E-state index contributed by atoms with van der Waals surface area (Å²) in [6, 6.07) is 6.52. The molecule has 2 atom stereocenters. The minimum Gasteiger partial charge on any atom is -0.384 e. The van der Waals surface area contributed by atoms with Gasteiger partial charge in [0.15, 0.2) is 0 Å². The number of aryl methyl sites for hydroxylation is 2. The Morgan fingerprint density at radius 3 is 3.08 bits per heavy atom. The van der Waals surface area contributed by atoms with Crippen molar-refractivity contribution in [1.82, 2.24) is 20.3 Å². The smallest absolute Gasteiger partial charge is 0.134 e. The highest BCUT2D eigenvalue weighted by Crippen LogP contribution is 2.26. The lowest BCUT2D eigenvalue weighted by Gasteiger charge is -2.25. The highest BCUT2D eigenvalue weighted by molar-refractivity contribution is 5.48. The molecule has 0 saturated carbocycles. The van der Waals surface area contributed by atoms with E-state index >= 15 is 0 Å². The van der Waals surface area contributed by atoms with Crippen LogP contribution in [-0.2, 0) is 24.1 Å². The monoisotopic (exact) mass is 354 g/mol. The molecule has 4 rings (SSSR count). The molecule has 0 spiro atoms. The number of rotatable bonds is 6. The summed E-state index contributed by atoms with van der Waals surface area (Å²) in [6.45, 7) is 2.44. The Bertz CT molecular complexity index is 767. The number of anilines is 2.